The zero-order valence-electron chi connectivity index (χ0n) is 17.9. The molecule has 2 aliphatic rings. The van der Waals surface area contributed by atoms with Crippen molar-refractivity contribution in [3.05, 3.63) is 41.2 Å². The predicted molar refractivity (Wildman–Crippen MR) is 111 cm³/mol. The topological polar surface area (TPSA) is 61.7 Å². The molecule has 7 nitrogen and oxygen atoms in total. The molecule has 2 aromatic rings. The number of nitrogens with zero attached hydrogens (tertiary/aromatic N) is 4. The van der Waals surface area contributed by atoms with Gasteiger partial charge in [0.15, 0.2) is 6.04 Å². The van der Waals surface area contributed by atoms with E-state index in [1.54, 1.807) is 12.0 Å². The molecule has 2 fully saturated rings. The first-order valence-corrected chi connectivity index (χ1v) is 11.3. The van der Waals surface area contributed by atoms with Crippen LogP contribution in [-0.2, 0) is 11.3 Å². The molecular weight excluding hydrogens is 364 g/mol. The zero-order chi connectivity index (χ0) is 20.1. The number of quaternary nitrogens is 2. The van der Waals surface area contributed by atoms with Gasteiger partial charge in [0, 0.05) is 12.7 Å². The predicted octanol–water partition coefficient (Wildman–Crippen LogP) is -0.167. The van der Waals surface area contributed by atoms with Crippen LogP contribution in [0.3, 0.4) is 0 Å². The molecule has 158 valence electrons. The molecule has 0 bridgehead atoms. The Labute approximate surface area is 174 Å². The lowest BCUT2D eigenvalue weighted by molar-refractivity contribution is -1.03. The number of aromatic nitrogens is 4. The average molecular weight is 401 g/mol. The highest BCUT2D eigenvalue weighted by Crippen LogP contribution is 2.18. The van der Waals surface area contributed by atoms with E-state index in [0.29, 0.717) is 13.2 Å². The largest absolute Gasteiger partial charge is 0.383 e. The summed E-state index contributed by atoms with van der Waals surface area (Å²) in [7, 11) is 1.72. The first-order valence-electron chi connectivity index (χ1n) is 11.3. The fraction of sp³-hybridized carbons (Fsp3) is 0.682. The number of ether oxygens (including phenoxy) is 1. The fourth-order valence-electron chi connectivity index (χ4n) is 5.18. The zero-order valence-corrected chi connectivity index (χ0v) is 17.9. The number of aryl methyl sites for hydroxylation is 1. The second kappa shape index (κ2) is 9.78. The number of hydrogen-bond donors (Lipinski definition) is 2. The molecule has 0 amide bonds. The van der Waals surface area contributed by atoms with Crippen molar-refractivity contribution in [3.8, 4) is 0 Å². The Hall–Kier alpha value is -1.83. The number of methoxy groups -OCH3 is 1. The van der Waals surface area contributed by atoms with Crippen molar-refractivity contribution < 1.29 is 14.5 Å². The van der Waals surface area contributed by atoms with Crippen molar-refractivity contribution in [2.75, 3.05) is 39.9 Å². The van der Waals surface area contributed by atoms with Crippen LogP contribution < -0.4 is 9.80 Å². The van der Waals surface area contributed by atoms with E-state index < -0.39 is 0 Å². The maximum Gasteiger partial charge on any atom is 0.214 e. The van der Waals surface area contributed by atoms with Crippen molar-refractivity contribution in [1.29, 1.82) is 0 Å². The van der Waals surface area contributed by atoms with Gasteiger partial charge in [-0.25, -0.2) is 4.68 Å². The summed E-state index contributed by atoms with van der Waals surface area (Å²) in [6.07, 6.45) is 7.11. The quantitative estimate of drug-likeness (QED) is 0.678. The Kier molecular flexibility index (Phi) is 6.90. The van der Waals surface area contributed by atoms with Crippen molar-refractivity contribution in [1.82, 2.24) is 20.2 Å². The van der Waals surface area contributed by atoms with Crippen LogP contribution in [-0.4, -0.2) is 66.1 Å². The minimum Gasteiger partial charge on any atom is -0.383 e. The van der Waals surface area contributed by atoms with Gasteiger partial charge in [-0.3, -0.25) is 0 Å². The van der Waals surface area contributed by atoms with E-state index in [9.17, 15) is 0 Å². The Bertz CT molecular complexity index is 747. The highest BCUT2D eigenvalue weighted by molar-refractivity contribution is 5.26. The van der Waals surface area contributed by atoms with Gasteiger partial charge in [-0.1, -0.05) is 36.2 Å². The van der Waals surface area contributed by atoms with Gasteiger partial charge in [0.25, 0.3) is 0 Å². The third-order valence-electron chi connectivity index (χ3n) is 6.86. The third-order valence-corrected chi connectivity index (χ3v) is 6.86. The maximum absolute atomic E-state index is 5.27. The third kappa shape index (κ3) is 4.85. The van der Waals surface area contributed by atoms with Crippen LogP contribution in [0.2, 0.25) is 0 Å². The Morgan fingerprint density at radius 3 is 2.48 bits per heavy atom. The van der Waals surface area contributed by atoms with Crippen LogP contribution in [0, 0.1) is 6.92 Å². The first kappa shape index (κ1) is 20.4. The molecule has 2 N–H and O–H groups in total. The molecule has 1 aromatic heterocycles. The Morgan fingerprint density at radius 2 is 1.79 bits per heavy atom. The number of rotatable bonds is 7. The van der Waals surface area contributed by atoms with E-state index in [1.165, 1.54) is 69.4 Å². The van der Waals surface area contributed by atoms with Crippen molar-refractivity contribution in [2.24, 2.45) is 0 Å². The molecule has 1 aliphatic carbocycles. The summed E-state index contributed by atoms with van der Waals surface area (Å²) in [5.41, 5.74) is 2.59. The summed E-state index contributed by atoms with van der Waals surface area (Å²) in [6, 6.07) is 9.97. The van der Waals surface area contributed by atoms with Crippen LogP contribution >= 0.6 is 0 Å². The summed E-state index contributed by atoms with van der Waals surface area (Å²) >= 11 is 0. The van der Waals surface area contributed by atoms with Crippen molar-refractivity contribution in [2.45, 2.75) is 57.7 Å². The number of hydrogen-bond acceptors (Lipinski definition) is 4. The van der Waals surface area contributed by atoms with Gasteiger partial charge in [0.05, 0.1) is 19.2 Å². The maximum atomic E-state index is 5.27. The second-order valence-electron chi connectivity index (χ2n) is 8.75. The minimum atomic E-state index is 0.176. The molecule has 29 heavy (non-hydrogen) atoms. The van der Waals surface area contributed by atoms with Crippen LogP contribution in [0.25, 0.3) is 0 Å². The Morgan fingerprint density at radius 1 is 1.07 bits per heavy atom. The monoisotopic (exact) mass is 400 g/mol. The molecule has 1 aliphatic heterocycles. The van der Waals surface area contributed by atoms with Gasteiger partial charge in [-0.2, -0.15) is 0 Å². The standard InChI is InChI=1S/C22H34N6O/c1-18-8-10-19(11-9-18)21(22-23-24-25-28(22)16-17-29-2)27-14-12-26(13-15-27)20-6-4-3-5-7-20/h8-11,20-21H,3-7,12-17H2,1-2H3/p+2/t21-/m1/s1. The molecule has 1 atom stereocenters. The number of benzene rings is 1. The average Bonchev–Trinajstić information content (AvgIpc) is 3.23. The van der Waals surface area contributed by atoms with E-state index in [-0.39, 0.29) is 6.04 Å². The number of piperazine rings is 1. The highest BCUT2D eigenvalue weighted by Gasteiger charge is 2.37. The molecule has 1 saturated carbocycles. The second-order valence-corrected chi connectivity index (χ2v) is 8.75. The lowest BCUT2D eigenvalue weighted by Gasteiger charge is -2.38. The smallest absolute Gasteiger partial charge is 0.214 e. The van der Waals surface area contributed by atoms with E-state index >= 15 is 0 Å². The summed E-state index contributed by atoms with van der Waals surface area (Å²) < 4.78 is 7.20. The van der Waals surface area contributed by atoms with Crippen molar-refractivity contribution in [3.63, 3.8) is 0 Å². The molecule has 0 radical (unpaired) electrons. The molecule has 2 heterocycles. The van der Waals surface area contributed by atoms with E-state index in [4.69, 9.17) is 4.74 Å². The number of nitrogens with one attached hydrogen (secondary N) is 2. The molecule has 7 heteroatoms. The van der Waals surface area contributed by atoms with E-state index in [1.807, 2.05) is 9.58 Å². The van der Waals surface area contributed by atoms with E-state index in [2.05, 4.69) is 46.7 Å². The lowest BCUT2D eigenvalue weighted by atomic mass is 9.93. The summed E-state index contributed by atoms with van der Waals surface area (Å²) in [6.45, 7) is 8.29. The SMILES string of the molecule is COCCn1nnnc1[C@@H](c1ccc(C)cc1)[NH+]1CC[NH+](C2CCCCC2)CC1. The van der Waals surface area contributed by atoms with Gasteiger partial charge >= 0.3 is 0 Å². The van der Waals surface area contributed by atoms with E-state index in [0.717, 1.165) is 11.9 Å². The summed E-state index contributed by atoms with van der Waals surface area (Å²) in [5, 5.41) is 12.7. The molecule has 0 unspecified atom stereocenters. The van der Waals surface area contributed by atoms with Crippen LogP contribution in [0.1, 0.15) is 55.1 Å². The molecular formula is C22H36N6O+2. The molecule has 1 saturated heterocycles. The van der Waals surface area contributed by atoms with Crippen molar-refractivity contribution >= 4 is 0 Å². The van der Waals surface area contributed by atoms with Gasteiger partial charge in [0.2, 0.25) is 5.82 Å². The van der Waals surface area contributed by atoms with Crippen LogP contribution in [0.5, 0.6) is 0 Å². The summed E-state index contributed by atoms with van der Waals surface area (Å²) in [5.74, 6) is 0.960. The van der Waals surface area contributed by atoms with Crippen LogP contribution in [0.4, 0.5) is 0 Å². The molecule has 1 aromatic carbocycles. The van der Waals surface area contributed by atoms with Gasteiger partial charge in [0.1, 0.15) is 26.2 Å². The number of tetrazole rings is 1. The molecule has 0 spiro atoms. The minimum absolute atomic E-state index is 0.176. The normalized spacial score (nSPS) is 24.5. The highest BCUT2D eigenvalue weighted by atomic mass is 16.5. The summed E-state index contributed by atoms with van der Waals surface area (Å²) in [4.78, 5) is 3.41. The Balaban J connectivity index is 1.53. The van der Waals surface area contributed by atoms with Gasteiger partial charge in [-0.15, -0.1) is 5.10 Å². The molecule has 4 rings (SSSR count). The first-order chi connectivity index (χ1) is 14.3. The lowest BCUT2D eigenvalue weighted by Crippen LogP contribution is -3.29. The fourth-order valence-corrected chi connectivity index (χ4v) is 5.18. The van der Waals surface area contributed by atoms with Gasteiger partial charge < -0.3 is 14.5 Å². The van der Waals surface area contributed by atoms with Crippen LogP contribution in [0.15, 0.2) is 24.3 Å². The van der Waals surface area contributed by atoms with Gasteiger partial charge in [-0.05, 0) is 43.0 Å².